The molecule has 3 heteroatoms. The van der Waals surface area contributed by atoms with Crippen LogP contribution in [0.1, 0.15) is 32.6 Å². The third kappa shape index (κ3) is 2.16. The summed E-state index contributed by atoms with van der Waals surface area (Å²) in [7, 11) is 0. The maximum Gasteiger partial charge on any atom is 0.321 e. The summed E-state index contributed by atoms with van der Waals surface area (Å²) in [6.07, 6.45) is 7.53. The van der Waals surface area contributed by atoms with Crippen molar-refractivity contribution in [2.45, 2.75) is 32.6 Å². The Morgan fingerprint density at radius 1 is 1.62 bits per heavy atom. The highest BCUT2D eigenvalue weighted by Gasteiger charge is 2.47. The molecule has 1 aliphatic carbocycles. The maximum atomic E-state index is 11.9. The molecule has 1 aliphatic rings. The van der Waals surface area contributed by atoms with E-state index in [4.69, 9.17) is 11.2 Å². The zero-order valence-electron chi connectivity index (χ0n) is 9.54. The van der Waals surface area contributed by atoms with E-state index in [1.165, 1.54) is 0 Å². The van der Waals surface area contributed by atoms with E-state index in [-0.39, 0.29) is 6.61 Å². The molecule has 1 fully saturated rings. The predicted octanol–water partition coefficient (Wildman–Crippen LogP) is 1.87. The van der Waals surface area contributed by atoms with Crippen molar-refractivity contribution >= 4 is 11.8 Å². The van der Waals surface area contributed by atoms with Gasteiger partial charge < -0.3 is 4.74 Å². The minimum Gasteiger partial charge on any atom is -0.465 e. The van der Waals surface area contributed by atoms with Crippen molar-refractivity contribution in [3.8, 4) is 12.3 Å². The molecule has 0 saturated heterocycles. The lowest BCUT2D eigenvalue weighted by molar-refractivity contribution is -0.159. The van der Waals surface area contributed by atoms with Gasteiger partial charge in [0.05, 0.1) is 6.61 Å². The van der Waals surface area contributed by atoms with Crippen molar-refractivity contribution in [3.05, 3.63) is 12.2 Å². The Hall–Kier alpha value is -1.56. The first-order valence-electron chi connectivity index (χ1n) is 5.41. The van der Waals surface area contributed by atoms with Gasteiger partial charge in [0.15, 0.2) is 0 Å². The van der Waals surface area contributed by atoms with Crippen LogP contribution in [-0.4, -0.2) is 18.4 Å². The number of carbonyl (C=O) groups is 2. The number of esters is 1. The Balaban J connectivity index is 3.02. The highest BCUT2D eigenvalue weighted by atomic mass is 16.5. The van der Waals surface area contributed by atoms with E-state index >= 15 is 0 Å². The third-order valence-electron chi connectivity index (χ3n) is 2.92. The van der Waals surface area contributed by atoms with E-state index in [9.17, 15) is 9.59 Å². The fourth-order valence-corrected chi connectivity index (χ4v) is 2.11. The molecule has 3 nitrogen and oxygen atoms in total. The molecular weight excluding hydrogens is 204 g/mol. The first-order chi connectivity index (χ1) is 7.56. The normalized spacial score (nSPS) is 24.6. The van der Waals surface area contributed by atoms with Crippen molar-refractivity contribution in [1.82, 2.24) is 0 Å². The molecular formula is C13H16O3. The van der Waals surface area contributed by atoms with Crippen LogP contribution in [0.25, 0.3) is 0 Å². The molecule has 1 rings (SSSR count). The highest BCUT2D eigenvalue weighted by molar-refractivity contribution is 6.12. The van der Waals surface area contributed by atoms with Crippen LogP contribution >= 0.6 is 0 Å². The van der Waals surface area contributed by atoms with Crippen LogP contribution in [0.2, 0.25) is 0 Å². The molecule has 0 amide bonds. The molecule has 0 aromatic rings. The lowest BCUT2D eigenvalue weighted by Gasteiger charge is -2.32. The van der Waals surface area contributed by atoms with Gasteiger partial charge in [-0.2, -0.15) is 0 Å². The van der Waals surface area contributed by atoms with Crippen LogP contribution in [0.3, 0.4) is 0 Å². The minimum atomic E-state index is -1.17. The Bertz CT molecular complexity index is 362. The van der Waals surface area contributed by atoms with Gasteiger partial charge in [-0.3, -0.25) is 9.59 Å². The number of hydrogen-bond donors (Lipinski definition) is 0. The maximum absolute atomic E-state index is 11.9. The van der Waals surface area contributed by atoms with Gasteiger partial charge in [-0.15, -0.1) is 6.42 Å². The van der Waals surface area contributed by atoms with E-state index in [0.29, 0.717) is 12.8 Å². The smallest absolute Gasteiger partial charge is 0.321 e. The van der Waals surface area contributed by atoms with Gasteiger partial charge in [-0.05, 0) is 38.5 Å². The van der Waals surface area contributed by atoms with Gasteiger partial charge in [0.2, 0.25) is 5.78 Å². The average Bonchev–Trinajstić information content (AvgIpc) is 2.28. The van der Waals surface area contributed by atoms with Gasteiger partial charge in [0, 0.05) is 0 Å². The lowest BCUT2D eigenvalue weighted by Crippen LogP contribution is -2.42. The summed E-state index contributed by atoms with van der Waals surface area (Å²) in [5.74, 6) is 1.07. The van der Waals surface area contributed by atoms with E-state index in [1.807, 2.05) is 0 Å². The number of rotatable bonds is 3. The summed E-state index contributed by atoms with van der Waals surface area (Å²) < 4.78 is 4.96. The van der Waals surface area contributed by atoms with Crippen molar-refractivity contribution in [2.75, 3.05) is 6.61 Å². The molecule has 1 atom stereocenters. The number of ether oxygens (including phenoxy) is 1. The molecule has 0 bridgehead atoms. The second-order valence-electron chi connectivity index (χ2n) is 4.06. The number of ketones is 1. The Kier molecular flexibility index (Phi) is 3.89. The van der Waals surface area contributed by atoms with Crippen LogP contribution < -0.4 is 0 Å². The fraction of sp³-hybridized carbons (Fsp3) is 0.538. The fourth-order valence-electron chi connectivity index (χ4n) is 2.11. The van der Waals surface area contributed by atoms with Gasteiger partial charge in [0.1, 0.15) is 5.41 Å². The van der Waals surface area contributed by atoms with Gasteiger partial charge in [-0.1, -0.05) is 12.2 Å². The summed E-state index contributed by atoms with van der Waals surface area (Å²) in [6, 6.07) is 0. The summed E-state index contributed by atoms with van der Waals surface area (Å²) >= 11 is 0. The molecule has 86 valence electrons. The van der Waals surface area contributed by atoms with E-state index in [2.05, 4.69) is 12.5 Å². The van der Waals surface area contributed by atoms with E-state index < -0.39 is 17.2 Å². The summed E-state index contributed by atoms with van der Waals surface area (Å²) in [5, 5.41) is 0. The quantitative estimate of drug-likeness (QED) is 0.240. The number of Topliss-reactive ketones (excluding diaryl/α,β-unsaturated/α-hetero) is 1. The van der Waals surface area contributed by atoms with Crippen LogP contribution in [0.15, 0.2) is 12.2 Å². The second kappa shape index (κ2) is 4.98. The molecule has 0 aromatic heterocycles. The van der Waals surface area contributed by atoms with Gasteiger partial charge in [0.25, 0.3) is 0 Å². The Morgan fingerprint density at radius 3 is 2.81 bits per heavy atom. The summed E-state index contributed by atoms with van der Waals surface area (Å²) in [4.78, 5) is 23.7. The third-order valence-corrected chi connectivity index (χ3v) is 2.92. The SMILES string of the molecule is C#CC(=O)C1(C(=O)OCC)CCCC(=C)C1. The van der Waals surface area contributed by atoms with Crippen LogP contribution in [0, 0.1) is 17.8 Å². The van der Waals surface area contributed by atoms with Crippen LogP contribution in [0.4, 0.5) is 0 Å². The van der Waals surface area contributed by atoms with Gasteiger partial charge in [-0.25, -0.2) is 0 Å². The van der Waals surface area contributed by atoms with Crippen LogP contribution in [0.5, 0.6) is 0 Å². The zero-order valence-corrected chi connectivity index (χ0v) is 9.54. The first kappa shape index (κ1) is 12.5. The second-order valence-corrected chi connectivity index (χ2v) is 4.06. The predicted molar refractivity (Wildman–Crippen MR) is 60.5 cm³/mol. The van der Waals surface area contributed by atoms with Gasteiger partial charge >= 0.3 is 5.97 Å². The van der Waals surface area contributed by atoms with Crippen LogP contribution in [-0.2, 0) is 14.3 Å². The molecule has 0 N–H and O–H groups in total. The molecule has 0 aliphatic heterocycles. The van der Waals surface area contributed by atoms with Crippen molar-refractivity contribution in [3.63, 3.8) is 0 Å². The molecule has 0 heterocycles. The molecule has 1 saturated carbocycles. The topological polar surface area (TPSA) is 43.4 Å². The number of carbonyl (C=O) groups excluding carboxylic acids is 2. The first-order valence-corrected chi connectivity index (χ1v) is 5.41. The van der Waals surface area contributed by atoms with Crippen molar-refractivity contribution in [2.24, 2.45) is 5.41 Å². The molecule has 1 unspecified atom stereocenters. The van der Waals surface area contributed by atoms with E-state index in [0.717, 1.165) is 18.4 Å². The standard InChI is InChI=1S/C13H16O3/c1-4-11(14)13(12(15)16-5-2)8-6-7-10(3)9-13/h1H,3,5-9H2,2H3. The molecule has 16 heavy (non-hydrogen) atoms. The molecule has 0 aromatic carbocycles. The highest BCUT2D eigenvalue weighted by Crippen LogP contribution is 2.40. The summed E-state index contributed by atoms with van der Waals surface area (Å²) in [6.45, 7) is 5.81. The van der Waals surface area contributed by atoms with E-state index in [1.54, 1.807) is 6.92 Å². The summed E-state index contributed by atoms with van der Waals surface area (Å²) in [5.41, 5.74) is -0.275. The van der Waals surface area contributed by atoms with Crippen molar-refractivity contribution < 1.29 is 14.3 Å². The Morgan fingerprint density at radius 2 is 2.31 bits per heavy atom. The number of allylic oxidation sites excluding steroid dienone is 1. The van der Waals surface area contributed by atoms with Crippen molar-refractivity contribution in [1.29, 1.82) is 0 Å². The molecule has 0 spiro atoms. The lowest BCUT2D eigenvalue weighted by atomic mass is 9.69. The minimum absolute atomic E-state index is 0.255. The monoisotopic (exact) mass is 220 g/mol. The number of terminal acetylenes is 1. The Labute approximate surface area is 95.9 Å². The average molecular weight is 220 g/mol. The number of hydrogen-bond acceptors (Lipinski definition) is 3. The zero-order chi connectivity index (χ0) is 12.2. The molecule has 0 radical (unpaired) electrons. The largest absolute Gasteiger partial charge is 0.465 e.